The monoisotopic (exact) mass is 409 g/mol. The summed E-state index contributed by atoms with van der Waals surface area (Å²) in [5.74, 6) is 7.29. The molecule has 3 saturated carbocycles. The van der Waals surface area contributed by atoms with Crippen LogP contribution < -0.4 is 5.32 Å². The Hall–Kier alpha value is -2.58. The third-order valence-corrected chi connectivity index (χ3v) is 6.07. The van der Waals surface area contributed by atoms with Crippen LogP contribution in [0.2, 0.25) is 5.28 Å². The second-order valence-electron chi connectivity index (χ2n) is 7.65. The molecule has 0 radical (unpaired) electrons. The summed E-state index contributed by atoms with van der Waals surface area (Å²) in [5, 5.41) is 3.62. The molecule has 0 saturated heterocycles. The van der Waals surface area contributed by atoms with Crippen molar-refractivity contribution in [3.8, 4) is 11.8 Å². The molecule has 3 aliphatic carbocycles. The molecule has 2 bridgehead atoms. The van der Waals surface area contributed by atoms with Gasteiger partial charge in [0.2, 0.25) is 5.28 Å². The van der Waals surface area contributed by atoms with Crippen molar-refractivity contribution in [2.45, 2.75) is 38.6 Å². The highest BCUT2D eigenvalue weighted by atomic mass is 35.5. The van der Waals surface area contributed by atoms with E-state index in [-0.39, 0.29) is 23.2 Å². The fraction of sp³-hybridized carbons (Fsp3) is 0.435. The molecule has 1 aromatic carbocycles. The predicted octanol–water partition coefficient (Wildman–Crippen LogP) is 4.31. The van der Waals surface area contributed by atoms with E-state index in [0.717, 1.165) is 31.2 Å². The number of halogens is 1. The van der Waals surface area contributed by atoms with Crippen LogP contribution in [0.1, 0.15) is 43.9 Å². The third kappa shape index (κ3) is 4.54. The lowest BCUT2D eigenvalue weighted by atomic mass is 9.61. The van der Waals surface area contributed by atoms with Crippen molar-refractivity contribution >= 4 is 23.4 Å². The molecule has 150 valence electrons. The van der Waals surface area contributed by atoms with Gasteiger partial charge in [-0.15, -0.1) is 0 Å². The van der Waals surface area contributed by atoms with Crippen LogP contribution in [0.4, 0.5) is 5.82 Å². The number of hydrogen-bond donors (Lipinski definition) is 1. The van der Waals surface area contributed by atoms with E-state index in [1.165, 1.54) is 0 Å². The first-order valence-corrected chi connectivity index (χ1v) is 10.6. The van der Waals surface area contributed by atoms with Crippen LogP contribution in [0.15, 0.2) is 36.4 Å². The lowest BCUT2D eigenvalue weighted by Crippen LogP contribution is -2.52. The van der Waals surface area contributed by atoms with E-state index in [9.17, 15) is 4.79 Å². The lowest BCUT2D eigenvalue weighted by Gasteiger charge is -2.47. The third-order valence-electron chi connectivity index (χ3n) is 5.90. The van der Waals surface area contributed by atoms with Crippen LogP contribution in [-0.4, -0.2) is 28.6 Å². The van der Waals surface area contributed by atoms with Gasteiger partial charge in [0, 0.05) is 17.7 Å². The van der Waals surface area contributed by atoms with Crippen LogP contribution in [0.5, 0.6) is 0 Å². The number of nitrogens with one attached hydrogen (secondary N) is 1. The zero-order chi connectivity index (χ0) is 20.2. The summed E-state index contributed by atoms with van der Waals surface area (Å²) in [6.45, 7) is 2.25. The molecule has 6 heteroatoms. The van der Waals surface area contributed by atoms with Crippen molar-refractivity contribution in [1.29, 1.82) is 0 Å². The van der Waals surface area contributed by atoms with Gasteiger partial charge in [0.1, 0.15) is 11.5 Å². The summed E-state index contributed by atoms with van der Waals surface area (Å²) in [6.07, 6.45) is 4.42. The maximum atomic E-state index is 12.6. The summed E-state index contributed by atoms with van der Waals surface area (Å²) in [6, 6.07) is 11.5. The Morgan fingerprint density at radius 1 is 1.14 bits per heavy atom. The van der Waals surface area contributed by atoms with Gasteiger partial charge in [-0.3, -0.25) is 4.79 Å². The maximum Gasteiger partial charge on any atom is 0.311 e. The molecule has 3 aliphatic rings. The highest BCUT2D eigenvalue weighted by Gasteiger charge is 2.48. The Kier molecular flexibility index (Phi) is 6.01. The SMILES string of the molecule is CCOC(=O)[C@H]1C2CCC(CC2)[C@@H]1Nc1cc(C#Cc2ccccc2)nc(Cl)n1. The summed E-state index contributed by atoms with van der Waals surface area (Å²) in [4.78, 5) is 21.2. The molecular weight excluding hydrogens is 386 g/mol. The number of ether oxygens (including phenoxy) is 1. The number of rotatable bonds is 4. The minimum absolute atomic E-state index is 0.00227. The highest BCUT2D eigenvalue weighted by Crippen LogP contribution is 2.46. The Morgan fingerprint density at radius 2 is 1.86 bits per heavy atom. The zero-order valence-corrected chi connectivity index (χ0v) is 17.2. The standard InChI is InChI=1S/C23H24ClN3O2/c1-2-29-22(28)20-16-9-11-17(12-10-16)21(20)26-19-14-18(25-23(24)27-19)13-8-15-6-4-3-5-7-15/h3-7,14,16-17,20-21H,2,9-12H2,1H3,(H,25,26,27)/t16?,17?,20-,21-/m0/s1. The van der Waals surface area contributed by atoms with Crippen LogP contribution in [0.25, 0.3) is 0 Å². The quantitative estimate of drug-likeness (QED) is 0.463. The van der Waals surface area contributed by atoms with Crippen LogP contribution >= 0.6 is 11.6 Å². The number of fused-ring (bicyclic) bond motifs is 3. The Balaban J connectivity index is 1.57. The first kappa shape index (κ1) is 19.7. The molecule has 5 rings (SSSR count). The van der Waals surface area contributed by atoms with Crippen molar-refractivity contribution in [1.82, 2.24) is 9.97 Å². The highest BCUT2D eigenvalue weighted by molar-refractivity contribution is 6.28. The van der Waals surface area contributed by atoms with E-state index in [1.54, 1.807) is 6.07 Å². The number of carbonyl (C=O) groups excluding carboxylic acids is 1. The fourth-order valence-corrected chi connectivity index (χ4v) is 4.80. The molecular formula is C23H24ClN3O2. The summed E-state index contributed by atoms with van der Waals surface area (Å²) >= 11 is 6.16. The normalized spacial score (nSPS) is 25.0. The number of benzene rings is 1. The minimum Gasteiger partial charge on any atom is -0.466 e. The van der Waals surface area contributed by atoms with Crippen molar-refractivity contribution in [3.63, 3.8) is 0 Å². The predicted molar refractivity (Wildman–Crippen MR) is 112 cm³/mol. The van der Waals surface area contributed by atoms with Gasteiger partial charge in [0.15, 0.2) is 0 Å². The maximum absolute atomic E-state index is 12.6. The van der Waals surface area contributed by atoms with E-state index < -0.39 is 0 Å². The van der Waals surface area contributed by atoms with E-state index in [0.29, 0.717) is 30.0 Å². The molecule has 2 atom stereocenters. The van der Waals surface area contributed by atoms with Crippen LogP contribution in [-0.2, 0) is 9.53 Å². The van der Waals surface area contributed by atoms with Gasteiger partial charge in [0.25, 0.3) is 0 Å². The van der Waals surface area contributed by atoms with Crippen LogP contribution in [0.3, 0.4) is 0 Å². The summed E-state index contributed by atoms with van der Waals surface area (Å²) in [5.41, 5.74) is 1.45. The summed E-state index contributed by atoms with van der Waals surface area (Å²) < 4.78 is 5.38. The average molecular weight is 410 g/mol. The van der Waals surface area contributed by atoms with E-state index in [4.69, 9.17) is 16.3 Å². The number of carbonyl (C=O) groups is 1. The second kappa shape index (κ2) is 8.84. The van der Waals surface area contributed by atoms with Gasteiger partial charge in [0.05, 0.1) is 12.5 Å². The van der Waals surface area contributed by atoms with Gasteiger partial charge in [-0.2, -0.15) is 0 Å². The van der Waals surface area contributed by atoms with E-state index in [2.05, 4.69) is 27.1 Å². The van der Waals surface area contributed by atoms with Crippen molar-refractivity contribution < 1.29 is 9.53 Å². The number of nitrogens with zero attached hydrogens (tertiary/aromatic N) is 2. The minimum atomic E-state index is -0.143. The van der Waals surface area contributed by atoms with E-state index >= 15 is 0 Å². The smallest absolute Gasteiger partial charge is 0.311 e. The lowest BCUT2D eigenvalue weighted by molar-refractivity contribution is -0.154. The molecule has 5 nitrogen and oxygen atoms in total. The number of aromatic nitrogens is 2. The van der Waals surface area contributed by atoms with Crippen molar-refractivity contribution in [3.05, 3.63) is 52.9 Å². The molecule has 0 unspecified atom stereocenters. The molecule has 1 aromatic heterocycles. The molecule has 3 fully saturated rings. The van der Waals surface area contributed by atoms with Gasteiger partial charge >= 0.3 is 5.97 Å². The largest absolute Gasteiger partial charge is 0.466 e. The molecule has 1 N–H and O–H groups in total. The zero-order valence-electron chi connectivity index (χ0n) is 16.4. The van der Waals surface area contributed by atoms with Gasteiger partial charge < -0.3 is 10.1 Å². The first-order valence-electron chi connectivity index (χ1n) is 10.2. The number of esters is 1. The molecule has 0 spiro atoms. The average Bonchev–Trinajstić information content (AvgIpc) is 2.73. The fourth-order valence-electron chi connectivity index (χ4n) is 4.62. The second-order valence-corrected chi connectivity index (χ2v) is 7.98. The van der Waals surface area contributed by atoms with Gasteiger partial charge in [-0.1, -0.05) is 24.1 Å². The van der Waals surface area contributed by atoms with Gasteiger partial charge in [-0.25, -0.2) is 9.97 Å². The Bertz CT molecular complexity index is 930. The Morgan fingerprint density at radius 3 is 2.59 bits per heavy atom. The molecule has 29 heavy (non-hydrogen) atoms. The molecule has 1 heterocycles. The van der Waals surface area contributed by atoms with E-state index in [1.807, 2.05) is 37.3 Å². The molecule has 0 aliphatic heterocycles. The molecule has 0 amide bonds. The topological polar surface area (TPSA) is 64.1 Å². The molecule has 2 aromatic rings. The van der Waals surface area contributed by atoms with Crippen LogP contribution in [0, 0.1) is 29.6 Å². The summed E-state index contributed by atoms with van der Waals surface area (Å²) in [7, 11) is 0. The van der Waals surface area contributed by atoms with Crippen molar-refractivity contribution in [2.24, 2.45) is 17.8 Å². The number of anilines is 1. The van der Waals surface area contributed by atoms with Crippen molar-refractivity contribution in [2.75, 3.05) is 11.9 Å². The van der Waals surface area contributed by atoms with Gasteiger partial charge in [-0.05, 0) is 74.1 Å². The first-order chi connectivity index (χ1) is 14.1. The number of hydrogen-bond acceptors (Lipinski definition) is 5. The Labute approximate surface area is 176 Å².